The number of fused-ring (bicyclic) bond motifs is 1. The molecule has 14 heteroatoms. The van der Waals surface area contributed by atoms with Crippen LogP contribution in [0.15, 0.2) is 36.7 Å². The molecule has 37 heavy (non-hydrogen) atoms. The van der Waals surface area contributed by atoms with Gasteiger partial charge in [0.15, 0.2) is 23.8 Å². The summed E-state index contributed by atoms with van der Waals surface area (Å²) in [4.78, 5) is 8.38. The third-order valence-corrected chi connectivity index (χ3v) is 5.27. The minimum atomic E-state index is -4.56. The molecule has 0 saturated heterocycles. The van der Waals surface area contributed by atoms with E-state index in [9.17, 15) is 27.1 Å². The van der Waals surface area contributed by atoms with E-state index in [0.717, 1.165) is 4.52 Å². The fourth-order valence-corrected chi connectivity index (χ4v) is 3.64. The van der Waals surface area contributed by atoms with Gasteiger partial charge in [0.1, 0.15) is 17.8 Å². The number of aromatic nitrogens is 6. The number of ether oxygens (including phenoxy) is 2. The van der Waals surface area contributed by atoms with Crippen LogP contribution in [0.2, 0.25) is 0 Å². The van der Waals surface area contributed by atoms with Crippen LogP contribution in [0.1, 0.15) is 36.6 Å². The van der Waals surface area contributed by atoms with Crippen molar-refractivity contribution in [2.45, 2.75) is 52.0 Å². The van der Waals surface area contributed by atoms with E-state index in [4.69, 9.17) is 4.74 Å². The molecule has 0 spiro atoms. The Hall–Kier alpha value is -3.81. The Kier molecular flexibility index (Phi) is 7.04. The van der Waals surface area contributed by atoms with Crippen molar-refractivity contribution in [3.05, 3.63) is 59.4 Å². The number of benzene rings is 1. The highest BCUT2D eigenvalue weighted by molar-refractivity contribution is 5.53. The monoisotopic (exact) mass is 526 g/mol. The summed E-state index contributed by atoms with van der Waals surface area (Å²) >= 11 is 0. The molecular weight excluding hydrogens is 503 g/mol. The highest BCUT2D eigenvalue weighted by atomic mass is 19.4. The van der Waals surface area contributed by atoms with Gasteiger partial charge in [0.05, 0.1) is 5.60 Å². The smallest absolute Gasteiger partial charge is 0.422 e. The van der Waals surface area contributed by atoms with Crippen LogP contribution < -0.4 is 9.47 Å². The zero-order valence-corrected chi connectivity index (χ0v) is 20.0. The molecule has 0 atom stereocenters. The van der Waals surface area contributed by atoms with E-state index in [2.05, 4.69) is 24.9 Å². The number of hydrogen-bond acceptors (Lipinski definition) is 7. The average Bonchev–Trinajstić information content (AvgIpc) is 3.40. The van der Waals surface area contributed by atoms with Crippen LogP contribution in [0.25, 0.3) is 11.3 Å². The molecule has 0 amide bonds. The molecule has 0 unspecified atom stereocenters. The summed E-state index contributed by atoms with van der Waals surface area (Å²) in [6, 6.07) is 7.41. The number of rotatable bonds is 9. The predicted molar refractivity (Wildman–Crippen MR) is 120 cm³/mol. The Balaban J connectivity index is 1.62. The maximum Gasteiger partial charge on any atom is 0.422 e. The lowest BCUT2D eigenvalue weighted by Crippen LogP contribution is -2.21. The highest BCUT2D eigenvalue weighted by Gasteiger charge is 2.30. The van der Waals surface area contributed by atoms with E-state index in [0.29, 0.717) is 23.4 Å². The molecular formula is C23H23F5N6O3. The van der Waals surface area contributed by atoms with Crippen molar-refractivity contribution in [1.29, 1.82) is 0 Å². The van der Waals surface area contributed by atoms with Gasteiger partial charge < -0.3 is 14.6 Å². The summed E-state index contributed by atoms with van der Waals surface area (Å²) < 4.78 is 76.2. The largest absolute Gasteiger partial charge is 0.468 e. The molecule has 0 aliphatic carbocycles. The highest BCUT2D eigenvalue weighted by Crippen LogP contribution is 2.29. The number of aliphatic hydroxyl groups is 1. The first-order valence-corrected chi connectivity index (χ1v) is 11.1. The molecule has 1 aromatic carbocycles. The molecule has 0 aliphatic rings. The molecule has 3 heterocycles. The third kappa shape index (κ3) is 6.31. The molecule has 0 radical (unpaired) electrons. The summed E-state index contributed by atoms with van der Waals surface area (Å²) in [7, 11) is 0. The van der Waals surface area contributed by atoms with Gasteiger partial charge >= 0.3 is 12.8 Å². The topological polar surface area (TPSA) is 99.6 Å². The Morgan fingerprint density at radius 2 is 1.81 bits per heavy atom. The van der Waals surface area contributed by atoms with Crippen LogP contribution in [0.4, 0.5) is 22.0 Å². The number of hydrogen-bond donors (Lipinski definition) is 1. The number of alkyl halides is 5. The standard InChI is InChI=1S/C23H23F5N6O3/c1-13-29-12-33(31-13)16-7-4-14(10-17(16)37-21(24)25)5-8-18-30-20-15(22(2,3)35)6-9-19(34(20)32-18)36-11-23(26,27)28/h4,6-7,9-10,12,21,35H,5,8,11H2,1-3H3. The maximum atomic E-state index is 13.0. The van der Waals surface area contributed by atoms with E-state index in [1.807, 2.05) is 0 Å². The second-order valence-electron chi connectivity index (χ2n) is 8.73. The molecule has 0 bridgehead atoms. The minimum absolute atomic E-state index is 0.104. The van der Waals surface area contributed by atoms with Gasteiger partial charge in [-0.25, -0.2) is 14.6 Å². The van der Waals surface area contributed by atoms with Crippen LogP contribution in [0.5, 0.6) is 11.6 Å². The van der Waals surface area contributed by atoms with Crippen LogP contribution in [-0.2, 0) is 18.4 Å². The molecule has 0 fully saturated rings. The number of nitrogens with zero attached hydrogens (tertiary/aromatic N) is 6. The summed E-state index contributed by atoms with van der Waals surface area (Å²) in [6.45, 7) is 0.0900. The van der Waals surface area contributed by atoms with E-state index in [1.165, 1.54) is 43.1 Å². The summed E-state index contributed by atoms with van der Waals surface area (Å²) in [6.07, 6.45) is -2.67. The van der Waals surface area contributed by atoms with E-state index < -0.39 is 25.0 Å². The first-order valence-electron chi connectivity index (χ1n) is 11.1. The van der Waals surface area contributed by atoms with Crippen molar-refractivity contribution in [3.63, 3.8) is 0 Å². The lowest BCUT2D eigenvalue weighted by Gasteiger charge is -2.19. The van der Waals surface area contributed by atoms with Crippen molar-refractivity contribution in [3.8, 4) is 17.3 Å². The fourth-order valence-electron chi connectivity index (χ4n) is 3.64. The van der Waals surface area contributed by atoms with Crippen LogP contribution >= 0.6 is 0 Å². The molecule has 198 valence electrons. The van der Waals surface area contributed by atoms with Gasteiger partial charge in [-0.05, 0) is 51.0 Å². The Labute approximate surface area is 207 Å². The van der Waals surface area contributed by atoms with Crippen molar-refractivity contribution >= 4 is 5.65 Å². The van der Waals surface area contributed by atoms with Gasteiger partial charge in [0.2, 0.25) is 5.88 Å². The lowest BCUT2D eigenvalue weighted by molar-refractivity contribution is -0.154. The molecule has 3 aromatic heterocycles. The second-order valence-corrected chi connectivity index (χ2v) is 8.73. The molecule has 4 aromatic rings. The molecule has 9 nitrogen and oxygen atoms in total. The quantitative estimate of drug-likeness (QED) is 0.327. The van der Waals surface area contributed by atoms with E-state index >= 15 is 0 Å². The first-order chi connectivity index (χ1) is 17.3. The zero-order chi connectivity index (χ0) is 27.0. The normalized spacial score (nSPS) is 12.5. The van der Waals surface area contributed by atoms with Crippen LogP contribution in [0.3, 0.4) is 0 Å². The van der Waals surface area contributed by atoms with Gasteiger partial charge in [-0.2, -0.15) is 31.6 Å². The second kappa shape index (κ2) is 9.92. The third-order valence-electron chi connectivity index (χ3n) is 5.27. The number of aryl methyl sites for hydroxylation is 3. The van der Waals surface area contributed by atoms with Gasteiger partial charge in [-0.1, -0.05) is 6.07 Å². The Bertz CT molecular complexity index is 1390. The maximum absolute atomic E-state index is 13.0. The van der Waals surface area contributed by atoms with Crippen molar-refractivity contribution in [1.82, 2.24) is 29.4 Å². The SMILES string of the molecule is Cc1ncn(-c2ccc(CCc3nc4c(C(C)(C)O)ccc(OCC(F)(F)F)n4n3)cc2OC(F)F)n1. The molecule has 1 N–H and O–H groups in total. The molecule has 0 aliphatic heterocycles. The Morgan fingerprint density at radius 1 is 1.05 bits per heavy atom. The number of halogens is 5. The molecule has 0 saturated carbocycles. The van der Waals surface area contributed by atoms with E-state index in [1.54, 1.807) is 19.1 Å². The summed E-state index contributed by atoms with van der Waals surface area (Å²) in [5, 5.41) is 18.9. The van der Waals surface area contributed by atoms with Gasteiger partial charge in [-0.3, -0.25) is 0 Å². The predicted octanol–water partition coefficient (Wildman–Crippen LogP) is 4.17. The fraction of sp³-hybridized carbons (Fsp3) is 0.391. The van der Waals surface area contributed by atoms with Crippen LogP contribution in [0, 0.1) is 6.92 Å². The van der Waals surface area contributed by atoms with Gasteiger partial charge in [0, 0.05) is 18.1 Å². The average molecular weight is 526 g/mol. The van der Waals surface area contributed by atoms with E-state index in [-0.39, 0.29) is 35.2 Å². The zero-order valence-electron chi connectivity index (χ0n) is 20.0. The number of pyridine rings is 1. The minimum Gasteiger partial charge on any atom is -0.468 e. The van der Waals surface area contributed by atoms with Gasteiger partial charge in [-0.15, -0.1) is 5.10 Å². The lowest BCUT2D eigenvalue weighted by atomic mass is 10.00. The first kappa shape index (κ1) is 26.3. The Morgan fingerprint density at radius 3 is 2.43 bits per heavy atom. The van der Waals surface area contributed by atoms with Crippen molar-refractivity contribution in [2.75, 3.05) is 6.61 Å². The van der Waals surface area contributed by atoms with Crippen LogP contribution in [-0.4, -0.2) is 53.9 Å². The van der Waals surface area contributed by atoms with Gasteiger partial charge in [0.25, 0.3) is 0 Å². The molecule has 4 rings (SSSR count). The summed E-state index contributed by atoms with van der Waals surface area (Å²) in [5.41, 5.74) is 0.0140. The summed E-state index contributed by atoms with van der Waals surface area (Å²) in [5.74, 6) is 0.404. The van der Waals surface area contributed by atoms with Crippen molar-refractivity contribution < 1.29 is 36.5 Å². The van der Waals surface area contributed by atoms with Crippen molar-refractivity contribution in [2.24, 2.45) is 0 Å².